The van der Waals surface area contributed by atoms with Crippen LogP contribution in [0.3, 0.4) is 0 Å². The first-order chi connectivity index (χ1) is 8.40. The van der Waals surface area contributed by atoms with Crippen LogP contribution < -0.4 is 0 Å². The zero-order valence-electron chi connectivity index (χ0n) is 10.5. The quantitative estimate of drug-likeness (QED) is 0.371. The average Bonchev–Trinajstić information content (AvgIpc) is 2.26. The number of phenolic OH excluding ortho intramolecular Hbond substituents is 1. The number of aromatic hydroxyl groups is 1. The fourth-order valence-electron chi connectivity index (χ4n) is 1.31. The minimum absolute atomic E-state index is 0.312. The zero-order valence-corrected chi connectivity index (χ0v) is 17.3. The Bertz CT molecular complexity index is 381. The number of para-hydroxylation sites is 1. The maximum atomic E-state index is 9.87. The third-order valence-electron chi connectivity index (χ3n) is 2.08. The van der Waals surface area contributed by atoms with Gasteiger partial charge in [0.2, 0.25) is 0 Å². The molecule has 6 heteroatoms. The third kappa shape index (κ3) is 8.08. The van der Waals surface area contributed by atoms with Crippen LogP contribution in [0.1, 0.15) is 38.7 Å². The maximum absolute atomic E-state index is 9.87. The van der Waals surface area contributed by atoms with Gasteiger partial charge in [0.15, 0.2) is 0 Å². The number of hydrogen-bond acceptors (Lipinski definition) is 2. The Morgan fingerprint density at radius 2 is 1.89 bits per heavy atom. The molecule has 0 heterocycles. The number of nitrogens with zero attached hydrogens (tertiary/aromatic N) is 1. The summed E-state index contributed by atoms with van der Waals surface area (Å²) in [6, 6.07) is 5.69. The first kappa shape index (κ1) is 18.8. The van der Waals surface area contributed by atoms with Crippen LogP contribution in [0.2, 0.25) is 0 Å². The molecule has 0 bridgehead atoms. The van der Waals surface area contributed by atoms with E-state index in [1.54, 1.807) is 6.21 Å². The molecule has 0 saturated heterocycles. The Morgan fingerprint density at radius 1 is 1.33 bits per heavy atom. The first-order valence-corrected chi connectivity index (χ1v) is 19.2. The van der Waals surface area contributed by atoms with Gasteiger partial charge >= 0.3 is 51.0 Å². The van der Waals surface area contributed by atoms with Crippen LogP contribution in [0.25, 0.3) is 0 Å². The van der Waals surface area contributed by atoms with Crippen LogP contribution in [0, 0.1) is 0 Å². The van der Waals surface area contributed by atoms with Gasteiger partial charge in [-0.05, 0) is 24.0 Å². The van der Waals surface area contributed by atoms with Crippen molar-refractivity contribution in [2.24, 2.45) is 4.99 Å². The molecule has 0 aliphatic carbocycles. The predicted octanol–water partition coefficient (Wildman–Crippen LogP) is 6.16. The van der Waals surface area contributed by atoms with Gasteiger partial charge in [-0.3, -0.25) is 4.99 Å². The summed E-state index contributed by atoms with van der Waals surface area (Å²) in [6.07, 6.45) is 2.69. The van der Waals surface area contributed by atoms with Gasteiger partial charge in [0, 0.05) is 6.21 Å². The molecule has 0 aliphatic heterocycles. The van der Waals surface area contributed by atoms with Crippen molar-refractivity contribution in [3.63, 3.8) is 0 Å². The van der Waals surface area contributed by atoms with Crippen LogP contribution in [0.15, 0.2) is 23.2 Å². The number of halogens is 3. The van der Waals surface area contributed by atoms with Crippen LogP contribution >= 0.6 is 39.9 Å². The van der Waals surface area contributed by atoms with Crippen LogP contribution in [0.5, 0.6) is 5.75 Å². The van der Waals surface area contributed by atoms with E-state index in [0.29, 0.717) is 17.4 Å². The fraction of sp³-hybridized carbons (Fsp3) is 0.417. The molecule has 1 aromatic carbocycles. The van der Waals surface area contributed by atoms with Crippen molar-refractivity contribution >= 4 is 51.8 Å². The van der Waals surface area contributed by atoms with Crippen molar-refractivity contribution in [1.29, 1.82) is 0 Å². The normalized spacial score (nSPS) is 10.9. The first-order valence-electron chi connectivity index (χ1n) is 5.47. The van der Waals surface area contributed by atoms with Gasteiger partial charge in [-0.25, -0.2) is 0 Å². The predicted molar refractivity (Wildman–Crippen MR) is 87.4 cm³/mol. The topological polar surface area (TPSA) is 32.6 Å². The second kappa shape index (κ2) is 10.6. The van der Waals surface area contributed by atoms with Crippen molar-refractivity contribution < 1.29 is 16.2 Å². The molecule has 0 fully saturated rings. The van der Waals surface area contributed by atoms with Crippen LogP contribution in [-0.4, -0.2) is 11.3 Å². The standard InChI is InChI=1S/C12H17NO.3BrH.Mo/c1-4-8-13-11-7-5-6-10(9(2)3)12(11)14;;;;/h5-9,14H,4H2,1-3H3;3*1H;/q;;;;+3/p-3. The molecule has 1 aromatic rings. The van der Waals surface area contributed by atoms with Crippen molar-refractivity contribution in [1.82, 2.24) is 0 Å². The molecule has 0 aliphatic rings. The number of aliphatic imine (C=N–C) groups is 1. The molecule has 0 saturated carbocycles. The van der Waals surface area contributed by atoms with Gasteiger partial charge in [0.1, 0.15) is 11.4 Å². The van der Waals surface area contributed by atoms with E-state index in [2.05, 4.69) is 58.7 Å². The summed E-state index contributed by atoms with van der Waals surface area (Å²) in [7, 11) is 0. The summed E-state index contributed by atoms with van der Waals surface area (Å²) in [5, 5.41) is 9.87. The van der Waals surface area contributed by atoms with Gasteiger partial charge in [-0.15, -0.1) is 0 Å². The van der Waals surface area contributed by atoms with E-state index in [0.717, 1.165) is 12.0 Å². The number of rotatable bonds is 3. The molecule has 0 aromatic heterocycles. The molecule has 0 amide bonds. The van der Waals surface area contributed by atoms with Gasteiger partial charge in [-0.1, -0.05) is 32.9 Å². The van der Waals surface area contributed by atoms with Crippen molar-refractivity contribution in [2.75, 3.05) is 0 Å². The Kier molecular flexibility index (Phi) is 11.1. The summed E-state index contributed by atoms with van der Waals surface area (Å²) in [4.78, 5) is 4.19. The monoisotopic (exact) mass is 526 g/mol. The fourth-order valence-corrected chi connectivity index (χ4v) is 1.31. The molecular formula is C12H17Br3MoNO. The van der Waals surface area contributed by atoms with Gasteiger partial charge in [0.25, 0.3) is 0 Å². The van der Waals surface area contributed by atoms with E-state index in [-0.39, 0.29) is 0 Å². The summed E-state index contributed by atoms with van der Waals surface area (Å²) in [5.74, 6) is 0.638. The van der Waals surface area contributed by atoms with Gasteiger partial charge < -0.3 is 5.11 Å². The van der Waals surface area contributed by atoms with E-state index < -0.39 is 11.1 Å². The van der Waals surface area contributed by atoms with E-state index in [9.17, 15) is 5.11 Å². The summed E-state index contributed by atoms with van der Waals surface area (Å²) < 4.78 is 0. The summed E-state index contributed by atoms with van der Waals surface area (Å²) >= 11 is 8.90. The van der Waals surface area contributed by atoms with E-state index in [1.807, 2.05) is 25.1 Å². The third-order valence-corrected chi connectivity index (χ3v) is 2.08. The Hall–Kier alpha value is 0.818. The van der Waals surface area contributed by atoms with Gasteiger partial charge in [0.05, 0.1) is 0 Å². The Morgan fingerprint density at radius 3 is 2.33 bits per heavy atom. The van der Waals surface area contributed by atoms with Crippen LogP contribution in [-0.2, 0) is 11.1 Å². The molecule has 0 radical (unpaired) electrons. The van der Waals surface area contributed by atoms with Crippen molar-refractivity contribution in [2.45, 2.75) is 33.1 Å². The molecule has 18 heavy (non-hydrogen) atoms. The molecule has 2 nitrogen and oxygen atoms in total. The second-order valence-corrected chi connectivity index (χ2v) is 31.5. The molecule has 103 valence electrons. The Balaban J connectivity index is 0.000000631. The van der Waals surface area contributed by atoms with Crippen molar-refractivity contribution in [3.05, 3.63) is 23.8 Å². The molecule has 0 unspecified atom stereocenters. The number of hydrogen-bond donors (Lipinski definition) is 1. The molecule has 1 rings (SSSR count). The summed E-state index contributed by atoms with van der Waals surface area (Å²) in [6.45, 7) is 6.14. The zero-order chi connectivity index (χ0) is 14.1. The van der Waals surface area contributed by atoms with E-state index >= 15 is 0 Å². The van der Waals surface area contributed by atoms with E-state index in [4.69, 9.17) is 0 Å². The summed E-state index contributed by atoms with van der Waals surface area (Å²) in [5.41, 5.74) is 1.62. The van der Waals surface area contributed by atoms with E-state index in [1.165, 1.54) is 0 Å². The minimum atomic E-state index is -0.919. The molecule has 0 spiro atoms. The second-order valence-electron chi connectivity index (χ2n) is 3.76. The average molecular weight is 527 g/mol. The van der Waals surface area contributed by atoms with Crippen molar-refractivity contribution in [3.8, 4) is 5.75 Å². The van der Waals surface area contributed by atoms with Gasteiger partial charge in [-0.2, -0.15) is 0 Å². The SMILES string of the molecule is CCC=Nc1cccc(C(C)C)c1O.[Br][Mo]([Br])[Br]. The Labute approximate surface area is 134 Å². The molecule has 0 atom stereocenters. The molecular weight excluding hydrogens is 510 g/mol. The molecule has 1 N–H and O–H groups in total. The number of phenols is 1. The van der Waals surface area contributed by atoms with Crippen LogP contribution in [0.4, 0.5) is 5.69 Å². The number of benzene rings is 1.